The SMILES string of the molecule is CC(C)NCC(Cc1ccncc1)C(C)C. The fraction of sp³-hybridized carbons (Fsp3) is 0.643. The van der Waals surface area contributed by atoms with Crippen molar-refractivity contribution in [3.63, 3.8) is 0 Å². The molecular weight excluding hydrogens is 196 g/mol. The van der Waals surface area contributed by atoms with Gasteiger partial charge in [0.15, 0.2) is 0 Å². The number of aromatic nitrogens is 1. The molecule has 0 aliphatic carbocycles. The third-order valence-corrected chi connectivity index (χ3v) is 2.98. The van der Waals surface area contributed by atoms with Gasteiger partial charge in [-0.05, 0) is 42.5 Å². The van der Waals surface area contributed by atoms with Crippen LogP contribution in [-0.4, -0.2) is 17.6 Å². The van der Waals surface area contributed by atoms with Crippen LogP contribution in [0, 0.1) is 11.8 Å². The molecule has 0 saturated heterocycles. The predicted molar refractivity (Wildman–Crippen MR) is 69.4 cm³/mol. The quantitative estimate of drug-likeness (QED) is 0.797. The van der Waals surface area contributed by atoms with E-state index in [1.54, 1.807) is 0 Å². The Kier molecular flexibility index (Phi) is 5.47. The van der Waals surface area contributed by atoms with Crippen molar-refractivity contribution in [2.75, 3.05) is 6.54 Å². The van der Waals surface area contributed by atoms with E-state index in [2.05, 4.69) is 50.1 Å². The molecule has 2 heteroatoms. The van der Waals surface area contributed by atoms with E-state index in [0.717, 1.165) is 13.0 Å². The normalized spacial score (nSPS) is 13.4. The highest BCUT2D eigenvalue weighted by Crippen LogP contribution is 2.16. The minimum atomic E-state index is 0.568. The average Bonchev–Trinajstić information content (AvgIpc) is 2.25. The molecule has 0 amide bonds. The maximum atomic E-state index is 4.06. The van der Waals surface area contributed by atoms with E-state index in [9.17, 15) is 0 Å². The van der Waals surface area contributed by atoms with Gasteiger partial charge >= 0.3 is 0 Å². The number of hydrogen-bond donors (Lipinski definition) is 1. The van der Waals surface area contributed by atoms with Gasteiger partial charge < -0.3 is 5.32 Å². The zero-order valence-electron chi connectivity index (χ0n) is 10.9. The fourth-order valence-corrected chi connectivity index (χ4v) is 1.75. The first kappa shape index (κ1) is 13.2. The Hall–Kier alpha value is -0.890. The van der Waals surface area contributed by atoms with Gasteiger partial charge in [0.05, 0.1) is 0 Å². The summed E-state index contributed by atoms with van der Waals surface area (Å²) in [7, 11) is 0. The maximum absolute atomic E-state index is 4.06. The first-order chi connectivity index (χ1) is 7.59. The summed E-state index contributed by atoms with van der Waals surface area (Å²) in [6.07, 6.45) is 4.89. The summed E-state index contributed by atoms with van der Waals surface area (Å²) in [5, 5.41) is 3.53. The Morgan fingerprint density at radius 3 is 2.25 bits per heavy atom. The third kappa shape index (κ3) is 4.75. The van der Waals surface area contributed by atoms with Crippen LogP contribution < -0.4 is 5.32 Å². The molecule has 1 heterocycles. The molecule has 0 aliphatic heterocycles. The zero-order chi connectivity index (χ0) is 12.0. The Labute approximate surface area is 99.5 Å². The second-order valence-electron chi connectivity index (χ2n) is 5.13. The summed E-state index contributed by atoms with van der Waals surface area (Å²) >= 11 is 0. The van der Waals surface area contributed by atoms with E-state index < -0.39 is 0 Å². The van der Waals surface area contributed by atoms with Crippen molar-refractivity contribution in [2.45, 2.75) is 40.2 Å². The van der Waals surface area contributed by atoms with Crippen LogP contribution in [0.2, 0.25) is 0 Å². The van der Waals surface area contributed by atoms with E-state index in [1.807, 2.05) is 12.4 Å². The molecule has 0 spiro atoms. The Balaban J connectivity index is 2.51. The molecule has 1 atom stereocenters. The molecule has 1 aromatic rings. The highest BCUT2D eigenvalue weighted by Gasteiger charge is 2.14. The van der Waals surface area contributed by atoms with Gasteiger partial charge in [0.25, 0.3) is 0 Å². The molecule has 1 rings (SSSR count). The first-order valence-corrected chi connectivity index (χ1v) is 6.22. The van der Waals surface area contributed by atoms with Crippen LogP contribution in [0.25, 0.3) is 0 Å². The summed E-state index contributed by atoms with van der Waals surface area (Å²) in [4.78, 5) is 4.06. The summed E-state index contributed by atoms with van der Waals surface area (Å²) in [5.74, 6) is 1.41. The zero-order valence-corrected chi connectivity index (χ0v) is 10.9. The van der Waals surface area contributed by atoms with Gasteiger partial charge in [-0.1, -0.05) is 27.7 Å². The van der Waals surface area contributed by atoms with Gasteiger partial charge in [0, 0.05) is 18.4 Å². The molecule has 16 heavy (non-hydrogen) atoms. The standard InChI is InChI=1S/C14H24N2/c1-11(2)14(10-16-12(3)4)9-13-5-7-15-8-6-13/h5-8,11-12,14,16H,9-10H2,1-4H3. The molecule has 0 aromatic carbocycles. The lowest BCUT2D eigenvalue weighted by molar-refractivity contribution is 0.349. The molecule has 0 radical (unpaired) electrons. The number of rotatable bonds is 6. The molecule has 0 aliphatic rings. The molecule has 1 N–H and O–H groups in total. The largest absolute Gasteiger partial charge is 0.314 e. The molecule has 1 unspecified atom stereocenters. The van der Waals surface area contributed by atoms with Gasteiger partial charge in [0.1, 0.15) is 0 Å². The number of nitrogens with one attached hydrogen (secondary N) is 1. The summed E-state index contributed by atoms with van der Waals surface area (Å²) in [6, 6.07) is 4.80. The number of hydrogen-bond acceptors (Lipinski definition) is 2. The van der Waals surface area contributed by atoms with Crippen molar-refractivity contribution >= 4 is 0 Å². The summed E-state index contributed by atoms with van der Waals surface area (Å²) < 4.78 is 0. The van der Waals surface area contributed by atoms with E-state index in [1.165, 1.54) is 5.56 Å². The van der Waals surface area contributed by atoms with Gasteiger partial charge in [-0.3, -0.25) is 4.98 Å². The maximum Gasteiger partial charge on any atom is 0.0270 e. The van der Waals surface area contributed by atoms with E-state index >= 15 is 0 Å². The molecule has 1 aromatic heterocycles. The minimum Gasteiger partial charge on any atom is -0.314 e. The Morgan fingerprint density at radius 1 is 1.12 bits per heavy atom. The van der Waals surface area contributed by atoms with Crippen LogP contribution in [0.1, 0.15) is 33.3 Å². The predicted octanol–water partition coefficient (Wildman–Crippen LogP) is 2.89. The lowest BCUT2D eigenvalue weighted by Crippen LogP contribution is -2.32. The fourth-order valence-electron chi connectivity index (χ4n) is 1.75. The van der Waals surface area contributed by atoms with Gasteiger partial charge in [-0.25, -0.2) is 0 Å². The van der Waals surface area contributed by atoms with Gasteiger partial charge in [0.2, 0.25) is 0 Å². The number of nitrogens with zero attached hydrogens (tertiary/aromatic N) is 1. The van der Waals surface area contributed by atoms with E-state index in [4.69, 9.17) is 0 Å². The Morgan fingerprint density at radius 2 is 1.75 bits per heavy atom. The molecule has 0 fully saturated rings. The topological polar surface area (TPSA) is 24.9 Å². The smallest absolute Gasteiger partial charge is 0.0270 e. The van der Waals surface area contributed by atoms with Crippen molar-refractivity contribution in [3.05, 3.63) is 30.1 Å². The third-order valence-electron chi connectivity index (χ3n) is 2.98. The summed E-state index contributed by atoms with van der Waals surface area (Å²) in [5.41, 5.74) is 1.39. The van der Waals surface area contributed by atoms with E-state index in [-0.39, 0.29) is 0 Å². The average molecular weight is 220 g/mol. The molecule has 0 saturated carbocycles. The molecule has 2 nitrogen and oxygen atoms in total. The van der Waals surface area contributed by atoms with E-state index in [0.29, 0.717) is 17.9 Å². The monoisotopic (exact) mass is 220 g/mol. The number of pyridine rings is 1. The highest BCUT2D eigenvalue weighted by molar-refractivity contribution is 5.10. The second kappa shape index (κ2) is 6.64. The summed E-state index contributed by atoms with van der Waals surface area (Å²) in [6.45, 7) is 10.1. The Bertz CT molecular complexity index is 280. The highest BCUT2D eigenvalue weighted by atomic mass is 14.9. The van der Waals surface area contributed by atoms with Crippen molar-refractivity contribution in [1.82, 2.24) is 10.3 Å². The van der Waals surface area contributed by atoms with Crippen LogP contribution in [0.4, 0.5) is 0 Å². The molecule has 90 valence electrons. The van der Waals surface area contributed by atoms with Crippen LogP contribution in [-0.2, 0) is 6.42 Å². The van der Waals surface area contributed by atoms with Crippen molar-refractivity contribution in [1.29, 1.82) is 0 Å². The van der Waals surface area contributed by atoms with Crippen LogP contribution in [0.3, 0.4) is 0 Å². The van der Waals surface area contributed by atoms with Crippen molar-refractivity contribution in [2.24, 2.45) is 11.8 Å². The lowest BCUT2D eigenvalue weighted by Gasteiger charge is -2.22. The molecule has 0 bridgehead atoms. The van der Waals surface area contributed by atoms with Crippen molar-refractivity contribution in [3.8, 4) is 0 Å². The van der Waals surface area contributed by atoms with Crippen LogP contribution in [0.15, 0.2) is 24.5 Å². The van der Waals surface area contributed by atoms with Gasteiger partial charge in [-0.2, -0.15) is 0 Å². The minimum absolute atomic E-state index is 0.568. The first-order valence-electron chi connectivity index (χ1n) is 6.22. The second-order valence-corrected chi connectivity index (χ2v) is 5.13. The van der Waals surface area contributed by atoms with Gasteiger partial charge in [-0.15, -0.1) is 0 Å². The molecular formula is C14H24N2. The van der Waals surface area contributed by atoms with Crippen LogP contribution >= 0.6 is 0 Å². The van der Waals surface area contributed by atoms with Crippen molar-refractivity contribution < 1.29 is 0 Å². The van der Waals surface area contributed by atoms with Crippen LogP contribution in [0.5, 0.6) is 0 Å². The lowest BCUT2D eigenvalue weighted by atomic mass is 9.89.